The minimum atomic E-state index is -2.89. The van der Waals surface area contributed by atoms with Gasteiger partial charge in [-0.3, -0.25) is 4.98 Å². The molecule has 0 spiro atoms. The average molecular weight is 325 g/mol. The molecule has 0 radical (unpaired) electrons. The lowest BCUT2D eigenvalue weighted by Gasteiger charge is -2.34. The summed E-state index contributed by atoms with van der Waals surface area (Å²) in [4.78, 5) is 4.40. The number of fused-ring (bicyclic) bond motifs is 1. The van der Waals surface area contributed by atoms with Crippen molar-refractivity contribution in [2.75, 3.05) is 6.26 Å². The van der Waals surface area contributed by atoms with Crippen molar-refractivity contribution in [3.63, 3.8) is 0 Å². The van der Waals surface area contributed by atoms with Crippen molar-refractivity contribution in [2.24, 2.45) is 0 Å². The fourth-order valence-corrected chi connectivity index (χ4v) is 4.05. The highest BCUT2D eigenvalue weighted by molar-refractivity contribution is 7.91. The van der Waals surface area contributed by atoms with Crippen LogP contribution in [0.1, 0.15) is 18.4 Å². The quantitative estimate of drug-likeness (QED) is 0.939. The predicted molar refractivity (Wildman–Crippen MR) is 85.2 cm³/mol. The van der Waals surface area contributed by atoms with E-state index in [0.29, 0.717) is 24.4 Å². The number of halogens is 1. The van der Waals surface area contributed by atoms with Gasteiger partial charge in [0.25, 0.3) is 0 Å². The Balaban J connectivity index is 1.69. The van der Waals surface area contributed by atoms with E-state index in [-0.39, 0.29) is 11.3 Å². The van der Waals surface area contributed by atoms with E-state index < -0.39 is 9.84 Å². The van der Waals surface area contributed by atoms with Gasteiger partial charge >= 0.3 is 0 Å². The van der Waals surface area contributed by atoms with Crippen molar-refractivity contribution >= 4 is 32.3 Å². The van der Waals surface area contributed by atoms with Crippen LogP contribution in [-0.2, 0) is 16.4 Å². The molecule has 0 unspecified atom stereocenters. The molecule has 112 valence electrons. The Morgan fingerprint density at radius 3 is 2.81 bits per heavy atom. The fourth-order valence-electron chi connectivity index (χ4n) is 2.68. The molecule has 3 rings (SSSR count). The zero-order valence-corrected chi connectivity index (χ0v) is 13.3. The Morgan fingerprint density at radius 1 is 1.33 bits per heavy atom. The Labute approximate surface area is 129 Å². The molecule has 0 bridgehead atoms. The molecule has 1 aromatic heterocycles. The van der Waals surface area contributed by atoms with Gasteiger partial charge in [-0.15, -0.1) is 0 Å². The number of hydrogen-bond donors (Lipinski definition) is 1. The summed E-state index contributed by atoms with van der Waals surface area (Å²) in [5, 5.41) is 4.86. The monoisotopic (exact) mass is 324 g/mol. The molecule has 0 aliphatic heterocycles. The first-order chi connectivity index (χ1) is 9.95. The Kier molecular flexibility index (Phi) is 3.90. The third-order valence-electron chi connectivity index (χ3n) is 4.08. The van der Waals surface area contributed by atoms with E-state index in [4.69, 9.17) is 11.6 Å². The molecule has 1 fully saturated rings. The van der Waals surface area contributed by atoms with Crippen LogP contribution in [0, 0.1) is 0 Å². The van der Waals surface area contributed by atoms with Crippen LogP contribution in [0.3, 0.4) is 0 Å². The molecule has 4 nitrogen and oxygen atoms in total. The summed E-state index contributed by atoms with van der Waals surface area (Å²) >= 11 is 6.17. The maximum Gasteiger partial charge on any atom is 0.150 e. The second kappa shape index (κ2) is 5.55. The van der Waals surface area contributed by atoms with E-state index in [1.54, 1.807) is 6.20 Å². The van der Waals surface area contributed by atoms with Crippen LogP contribution in [0.25, 0.3) is 10.9 Å². The van der Waals surface area contributed by atoms with E-state index in [9.17, 15) is 8.42 Å². The van der Waals surface area contributed by atoms with Crippen molar-refractivity contribution in [1.82, 2.24) is 10.3 Å². The third kappa shape index (κ3) is 3.05. The van der Waals surface area contributed by atoms with Gasteiger partial charge in [0.15, 0.2) is 0 Å². The highest BCUT2D eigenvalue weighted by atomic mass is 35.5. The second-order valence-corrected chi connectivity index (χ2v) is 8.34. The largest absolute Gasteiger partial charge is 0.310 e. The van der Waals surface area contributed by atoms with Crippen molar-refractivity contribution in [3.8, 4) is 0 Å². The molecule has 2 aromatic rings. The van der Waals surface area contributed by atoms with Gasteiger partial charge in [-0.2, -0.15) is 0 Å². The van der Waals surface area contributed by atoms with Crippen molar-refractivity contribution < 1.29 is 8.42 Å². The van der Waals surface area contributed by atoms with Crippen LogP contribution in [0.2, 0.25) is 5.02 Å². The SMILES string of the molecule is CS(=O)(=O)C1CC(NCc2ccc(Cl)c3cccnc23)C1. The number of sulfone groups is 1. The minimum Gasteiger partial charge on any atom is -0.310 e. The summed E-state index contributed by atoms with van der Waals surface area (Å²) in [5.41, 5.74) is 1.98. The molecule has 21 heavy (non-hydrogen) atoms. The summed E-state index contributed by atoms with van der Waals surface area (Å²) in [7, 11) is -2.89. The van der Waals surface area contributed by atoms with Crippen LogP contribution in [0.15, 0.2) is 30.5 Å². The van der Waals surface area contributed by atoms with Gasteiger partial charge in [-0.1, -0.05) is 17.7 Å². The summed E-state index contributed by atoms with van der Waals surface area (Å²) in [6, 6.07) is 7.94. The highest BCUT2D eigenvalue weighted by Gasteiger charge is 2.35. The van der Waals surface area contributed by atoms with Crippen LogP contribution in [0.5, 0.6) is 0 Å². The van der Waals surface area contributed by atoms with Gasteiger partial charge in [-0.05, 0) is 36.6 Å². The standard InChI is InChI=1S/C15H17ClN2O2S/c1-21(19,20)12-7-11(8-12)18-9-10-4-5-14(16)13-3-2-6-17-15(10)13/h2-6,11-12,18H,7-9H2,1H3. The second-order valence-electron chi connectivity index (χ2n) is 5.61. The molecular formula is C15H17ClN2O2S. The van der Waals surface area contributed by atoms with Gasteiger partial charge in [0.2, 0.25) is 0 Å². The molecule has 0 amide bonds. The molecular weight excluding hydrogens is 308 g/mol. The lowest BCUT2D eigenvalue weighted by molar-refractivity contribution is 0.338. The summed E-state index contributed by atoms with van der Waals surface area (Å²) in [6.45, 7) is 0.672. The zero-order valence-electron chi connectivity index (χ0n) is 11.7. The Bertz CT molecular complexity index is 770. The van der Waals surface area contributed by atoms with Crippen molar-refractivity contribution in [2.45, 2.75) is 30.7 Å². The van der Waals surface area contributed by atoms with E-state index in [0.717, 1.165) is 16.5 Å². The van der Waals surface area contributed by atoms with Crippen LogP contribution < -0.4 is 5.32 Å². The summed E-state index contributed by atoms with van der Waals surface area (Å²) in [6.07, 6.45) is 4.45. The maximum atomic E-state index is 11.4. The van der Waals surface area contributed by atoms with E-state index in [1.165, 1.54) is 6.26 Å². The van der Waals surface area contributed by atoms with Crippen LogP contribution in [0.4, 0.5) is 0 Å². The number of benzene rings is 1. The normalized spacial score (nSPS) is 22.2. The number of nitrogens with one attached hydrogen (secondary N) is 1. The fraction of sp³-hybridized carbons (Fsp3) is 0.400. The topological polar surface area (TPSA) is 59.1 Å². The molecule has 1 saturated carbocycles. The van der Waals surface area contributed by atoms with Gasteiger partial charge < -0.3 is 5.32 Å². The Morgan fingerprint density at radius 2 is 2.10 bits per heavy atom. The van der Waals surface area contributed by atoms with Gasteiger partial charge in [0, 0.05) is 35.4 Å². The van der Waals surface area contributed by atoms with Gasteiger partial charge in [0.05, 0.1) is 10.8 Å². The van der Waals surface area contributed by atoms with Crippen LogP contribution in [-0.4, -0.2) is 30.9 Å². The highest BCUT2D eigenvalue weighted by Crippen LogP contribution is 2.28. The zero-order chi connectivity index (χ0) is 15.0. The Hall–Kier alpha value is -1.17. The van der Waals surface area contributed by atoms with Crippen LogP contribution >= 0.6 is 11.6 Å². The van der Waals surface area contributed by atoms with Gasteiger partial charge in [0.1, 0.15) is 9.84 Å². The summed E-state index contributed by atoms with van der Waals surface area (Å²) in [5.74, 6) is 0. The smallest absolute Gasteiger partial charge is 0.150 e. The van der Waals surface area contributed by atoms with Gasteiger partial charge in [-0.25, -0.2) is 8.42 Å². The van der Waals surface area contributed by atoms with E-state index in [2.05, 4.69) is 10.3 Å². The number of pyridine rings is 1. The first kappa shape index (κ1) is 14.8. The molecule has 1 aromatic carbocycles. The number of aromatic nitrogens is 1. The number of nitrogens with zero attached hydrogens (tertiary/aromatic N) is 1. The maximum absolute atomic E-state index is 11.4. The first-order valence-electron chi connectivity index (χ1n) is 6.89. The minimum absolute atomic E-state index is 0.185. The van der Waals surface area contributed by atoms with E-state index in [1.807, 2.05) is 24.3 Å². The summed E-state index contributed by atoms with van der Waals surface area (Å²) < 4.78 is 22.8. The molecule has 1 N–H and O–H groups in total. The lowest BCUT2D eigenvalue weighted by atomic mass is 9.92. The third-order valence-corrected chi connectivity index (χ3v) is 6.01. The van der Waals surface area contributed by atoms with Crippen molar-refractivity contribution in [1.29, 1.82) is 0 Å². The number of rotatable bonds is 4. The predicted octanol–water partition coefficient (Wildman–Crippen LogP) is 2.55. The average Bonchev–Trinajstić information content (AvgIpc) is 2.38. The molecule has 1 aliphatic carbocycles. The van der Waals surface area contributed by atoms with E-state index >= 15 is 0 Å². The molecule has 6 heteroatoms. The molecule has 0 saturated heterocycles. The lowest BCUT2D eigenvalue weighted by Crippen LogP contribution is -2.47. The number of hydrogen-bond acceptors (Lipinski definition) is 4. The molecule has 1 aliphatic rings. The van der Waals surface area contributed by atoms with Crippen molar-refractivity contribution in [3.05, 3.63) is 41.0 Å². The first-order valence-corrected chi connectivity index (χ1v) is 9.23. The molecule has 1 heterocycles. The molecule has 0 atom stereocenters.